The summed E-state index contributed by atoms with van der Waals surface area (Å²) in [6.07, 6.45) is -0.366. The third-order valence-corrected chi connectivity index (χ3v) is 2.40. The first-order chi connectivity index (χ1) is 7.50. The lowest BCUT2D eigenvalue weighted by molar-refractivity contribution is 0.0457. The van der Waals surface area contributed by atoms with Crippen LogP contribution in [0, 0.1) is 5.82 Å². The molecule has 1 rings (SSSR count). The minimum atomic E-state index is -0.851. The van der Waals surface area contributed by atoms with Gasteiger partial charge in [0.2, 0.25) is 0 Å². The number of aliphatic hydroxyl groups excluding tert-OH is 1. The molecule has 16 heavy (non-hydrogen) atoms. The first-order valence-corrected chi connectivity index (χ1v) is 5.63. The minimum absolute atomic E-state index is 0.113. The van der Waals surface area contributed by atoms with Crippen LogP contribution in [-0.4, -0.2) is 17.8 Å². The number of benzene rings is 1. The molecule has 4 heteroatoms. The molecule has 1 N–H and O–H groups in total. The summed E-state index contributed by atoms with van der Waals surface area (Å²) in [6, 6.07) is 4.26. The normalized spacial score (nSPS) is 13.1. The predicted molar refractivity (Wildman–Crippen MR) is 62.1 cm³/mol. The van der Waals surface area contributed by atoms with E-state index < -0.39 is 11.9 Å². The highest BCUT2D eigenvalue weighted by Crippen LogP contribution is 2.23. The van der Waals surface area contributed by atoms with Crippen molar-refractivity contribution in [2.24, 2.45) is 0 Å². The Morgan fingerprint density at radius 1 is 1.44 bits per heavy atom. The molecule has 0 saturated carbocycles. The van der Waals surface area contributed by atoms with Crippen LogP contribution in [0.25, 0.3) is 0 Å². The maximum atomic E-state index is 13.4. The summed E-state index contributed by atoms with van der Waals surface area (Å²) in [7, 11) is 0. The first-order valence-electron chi connectivity index (χ1n) is 5.25. The highest BCUT2D eigenvalue weighted by molar-refractivity contribution is 6.30. The van der Waals surface area contributed by atoms with E-state index in [1.54, 1.807) is 6.07 Å². The van der Waals surface area contributed by atoms with Crippen LogP contribution in [0.3, 0.4) is 0 Å². The lowest BCUT2D eigenvalue weighted by Crippen LogP contribution is -2.09. The van der Waals surface area contributed by atoms with Gasteiger partial charge in [-0.25, -0.2) is 4.39 Å². The van der Waals surface area contributed by atoms with Crippen LogP contribution in [0.4, 0.5) is 4.39 Å². The van der Waals surface area contributed by atoms with Gasteiger partial charge in [-0.15, -0.1) is 0 Å². The largest absolute Gasteiger partial charge is 0.388 e. The number of rotatable bonds is 5. The highest BCUT2D eigenvalue weighted by Gasteiger charge is 2.13. The van der Waals surface area contributed by atoms with E-state index >= 15 is 0 Å². The Morgan fingerprint density at radius 2 is 2.12 bits per heavy atom. The van der Waals surface area contributed by atoms with Crippen molar-refractivity contribution in [3.05, 3.63) is 34.6 Å². The van der Waals surface area contributed by atoms with Gasteiger partial charge in [-0.2, -0.15) is 0 Å². The van der Waals surface area contributed by atoms with Gasteiger partial charge in [0.25, 0.3) is 0 Å². The summed E-state index contributed by atoms with van der Waals surface area (Å²) in [5, 5.41) is 10.1. The van der Waals surface area contributed by atoms with Gasteiger partial charge in [0.1, 0.15) is 5.82 Å². The van der Waals surface area contributed by atoms with Gasteiger partial charge in [0, 0.05) is 23.6 Å². The molecule has 0 aliphatic heterocycles. The molecule has 0 aromatic heterocycles. The molecule has 0 radical (unpaired) electrons. The van der Waals surface area contributed by atoms with E-state index in [1.807, 2.05) is 13.8 Å². The third-order valence-electron chi connectivity index (χ3n) is 2.16. The Labute approximate surface area is 100.0 Å². The fourth-order valence-corrected chi connectivity index (χ4v) is 1.50. The monoisotopic (exact) mass is 246 g/mol. The molecule has 2 nitrogen and oxygen atoms in total. The van der Waals surface area contributed by atoms with Crippen molar-refractivity contribution < 1.29 is 14.2 Å². The second kappa shape index (κ2) is 6.18. The van der Waals surface area contributed by atoms with E-state index in [0.29, 0.717) is 18.1 Å². The average Bonchev–Trinajstić information content (AvgIpc) is 2.16. The molecule has 0 fully saturated rings. The summed E-state index contributed by atoms with van der Waals surface area (Å²) in [6.45, 7) is 4.23. The minimum Gasteiger partial charge on any atom is -0.388 e. The lowest BCUT2D eigenvalue weighted by Gasteiger charge is -2.13. The summed E-state index contributed by atoms with van der Waals surface area (Å²) in [4.78, 5) is 0. The second-order valence-corrected chi connectivity index (χ2v) is 4.33. The van der Waals surface area contributed by atoms with Gasteiger partial charge < -0.3 is 9.84 Å². The molecule has 1 unspecified atom stereocenters. The standard InChI is InChI=1S/C12H16ClFO2/c1-8(2)16-6-5-12(15)10-4-3-9(13)7-11(10)14/h3-4,7-8,12,15H,5-6H2,1-2H3. The van der Waals surface area contributed by atoms with Crippen molar-refractivity contribution in [3.63, 3.8) is 0 Å². The molecule has 1 aromatic rings. The van der Waals surface area contributed by atoms with E-state index in [9.17, 15) is 9.50 Å². The van der Waals surface area contributed by atoms with Crippen molar-refractivity contribution in [3.8, 4) is 0 Å². The van der Waals surface area contributed by atoms with Gasteiger partial charge in [-0.3, -0.25) is 0 Å². The Bertz CT molecular complexity index is 342. The fraction of sp³-hybridized carbons (Fsp3) is 0.500. The molecule has 0 aliphatic carbocycles. The van der Waals surface area contributed by atoms with Crippen LogP contribution >= 0.6 is 11.6 Å². The Balaban J connectivity index is 2.55. The summed E-state index contributed by atoms with van der Waals surface area (Å²) in [5.74, 6) is -0.482. The van der Waals surface area contributed by atoms with Gasteiger partial charge in [-0.05, 0) is 26.0 Å². The van der Waals surface area contributed by atoms with Crippen LogP contribution in [-0.2, 0) is 4.74 Å². The van der Waals surface area contributed by atoms with Crippen LogP contribution in [0.1, 0.15) is 31.9 Å². The maximum Gasteiger partial charge on any atom is 0.130 e. The van der Waals surface area contributed by atoms with E-state index in [1.165, 1.54) is 12.1 Å². The molecule has 0 aliphatic rings. The van der Waals surface area contributed by atoms with E-state index in [2.05, 4.69) is 0 Å². The molecular weight excluding hydrogens is 231 g/mol. The number of ether oxygens (including phenoxy) is 1. The Morgan fingerprint density at radius 3 is 2.69 bits per heavy atom. The molecule has 0 amide bonds. The SMILES string of the molecule is CC(C)OCCC(O)c1ccc(Cl)cc1F. The number of aliphatic hydroxyl groups is 1. The van der Waals surface area contributed by atoms with Crippen molar-refractivity contribution in [2.45, 2.75) is 32.5 Å². The Kier molecular flexibility index (Phi) is 5.19. The molecule has 0 saturated heterocycles. The first kappa shape index (κ1) is 13.4. The number of hydrogen-bond donors (Lipinski definition) is 1. The lowest BCUT2D eigenvalue weighted by atomic mass is 10.1. The van der Waals surface area contributed by atoms with Crippen LogP contribution in [0.15, 0.2) is 18.2 Å². The van der Waals surface area contributed by atoms with Crippen molar-refractivity contribution in [1.29, 1.82) is 0 Å². The van der Waals surface area contributed by atoms with Crippen LogP contribution in [0.2, 0.25) is 5.02 Å². The predicted octanol–water partition coefficient (Wildman–Crippen LogP) is 3.33. The number of halogens is 2. The molecular formula is C12H16ClFO2. The molecule has 1 atom stereocenters. The number of hydrogen-bond acceptors (Lipinski definition) is 2. The highest BCUT2D eigenvalue weighted by atomic mass is 35.5. The topological polar surface area (TPSA) is 29.5 Å². The van der Waals surface area contributed by atoms with E-state index in [4.69, 9.17) is 16.3 Å². The fourth-order valence-electron chi connectivity index (χ4n) is 1.34. The molecule has 0 spiro atoms. The molecule has 0 bridgehead atoms. The zero-order chi connectivity index (χ0) is 12.1. The molecule has 90 valence electrons. The average molecular weight is 247 g/mol. The van der Waals surface area contributed by atoms with Crippen LogP contribution in [0.5, 0.6) is 0 Å². The smallest absolute Gasteiger partial charge is 0.130 e. The maximum absolute atomic E-state index is 13.4. The summed E-state index contributed by atoms with van der Waals surface area (Å²) in [5.41, 5.74) is 0.261. The second-order valence-electron chi connectivity index (χ2n) is 3.89. The molecule has 1 aromatic carbocycles. The third kappa shape index (κ3) is 4.08. The summed E-state index contributed by atoms with van der Waals surface area (Å²) < 4.78 is 18.7. The van der Waals surface area contributed by atoms with Crippen molar-refractivity contribution in [2.75, 3.05) is 6.61 Å². The van der Waals surface area contributed by atoms with Crippen molar-refractivity contribution in [1.82, 2.24) is 0 Å². The molecule has 0 heterocycles. The Hall–Kier alpha value is -0.640. The van der Waals surface area contributed by atoms with Gasteiger partial charge in [0.15, 0.2) is 0 Å². The van der Waals surface area contributed by atoms with Gasteiger partial charge in [0.05, 0.1) is 12.2 Å². The van der Waals surface area contributed by atoms with Gasteiger partial charge in [-0.1, -0.05) is 17.7 Å². The van der Waals surface area contributed by atoms with E-state index in [0.717, 1.165) is 0 Å². The quantitative estimate of drug-likeness (QED) is 0.864. The summed E-state index contributed by atoms with van der Waals surface area (Å²) >= 11 is 5.62. The zero-order valence-electron chi connectivity index (χ0n) is 9.41. The van der Waals surface area contributed by atoms with E-state index in [-0.39, 0.29) is 11.7 Å². The van der Waals surface area contributed by atoms with Gasteiger partial charge >= 0.3 is 0 Å². The zero-order valence-corrected chi connectivity index (χ0v) is 10.2. The van der Waals surface area contributed by atoms with Crippen molar-refractivity contribution >= 4 is 11.6 Å². The van der Waals surface area contributed by atoms with Crippen LogP contribution < -0.4 is 0 Å².